The molecule has 124 valence electrons. The molecule has 0 radical (unpaired) electrons. The Labute approximate surface area is 137 Å². The predicted octanol–water partition coefficient (Wildman–Crippen LogP) is 1.95. The number of aliphatic carboxylic acids is 1. The summed E-state index contributed by atoms with van der Waals surface area (Å²) in [5, 5.41) is 19.7. The van der Waals surface area contributed by atoms with Crippen LogP contribution >= 0.6 is 11.8 Å². The summed E-state index contributed by atoms with van der Waals surface area (Å²) >= 11 is 1.65. The second-order valence-corrected chi connectivity index (χ2v) is 6.49. The van der Waals surface area contributed by atoms with Gasteiger partial charge in [-0.15, -0.1) is 0 Å². The van der Waals surface area contributed by atoms with E-state index in [0.717, 1.165) is 11.3 Å². The normalized spacial score (nSPS) is 17.7. The molecule has 1 heterocycles. The molecule has 1 aromatic rings. The molecule has 1 saturated heterocycles. The Kier molecular flexibility index (Phi) is 5.97. The smallest absolute Gasteiger partial charge is 0.305 e. The highest BCUT2D eigenvalue weighted by atomic mass is 32.2. The Balaban J connectivity index is 1.96. The molecule has 1 aliphatic rings. The highest BCUT2D eigenvalue weighted by Crippen LogP contribution is 2.21. The molecule has 1 aromatic carbocycles. The van der Waals surface area contributed by atoms with Crippen LogP contribution in [0.4, 0.5) is 5.69 Å². The first-order chi connectivity index (χ1) is 11.0. The number of hydrogen-bond donors (Lipinski definition) is 1. The van der Waals surface area contributed by atoms with E-state index in [9.17, 15) is 19.7 Å². The van der Waals surface area contributed by atoms with Crippen molar-refractivity contribution in [3.8, 4) is 0 Å². The van der Waals surface area contributed by atoms with E-state index >= 15 is 0 Å². The van der Waals surface area contributed by atoms with E-state index in [2.05, 4.69) is 0 Å². The molecule has 2 rings (SSSR count). The van der Waals surface area contributed by atoms with Gasteiger partial charge in [0.25, 0.3) is 5.69 Å². The highest BCUT2D eigenvalue weighted by molar-refractivity contribution is 7.99. The number of carbonyl (C=O) groups is 2. The number of nitro benzene ring substituents is 1. The Hall–Kier alpha value is -2.09. The van der Waals surface area contributed by atoms with Crippen molar-refractivity contribution in [3.05, 3.63) is 39.9 Å². The SMILES string of the molecule is O=C(O)CC1CSCCN1C(=O)CCc1cccc([N+](=O)[O-])c1. The molecule has 7 nitrogen and oxygen atoms in total. The standard InChI is InChI=1S/C15H18N2O5S/c18-14(16-6-7-23-10-13(16)9-15(19)20)5-4-11-2-1-3-12(8-11)17(21)22/h1-3,8,13H,4-7,9-10H2,(H,19,20). The lowest BCUT2D eigenvalue weighted by atomic mass is 10.1. The van der Waals surface area contributed by atoms with E-state index in [4.69, 9.17) is 5.11 Å². The predicted molar refractivity (Wildman–Crippen MR) is 86.5 cm³/mol. The van der Waals surface area contributed by atoms with Crippen molar-refractivity contribution in [2.45, 2.75) is 25.3 Å². The van der Waals surface area contributed by atoms with Gasteiger partial charge in [-0.25, -0.2) is 0 Å². The number of benzene rings is 1. The lowest BCUT2D eigenvalue weighted by Gasteiger charge is -2.34. The second kappa shape index (κ2) is 7.96. The summed E-state index contributed by atoms with van der Waals surface area (Å²) in [5.74, 6) is 0.435. The number of non-ortho nitro benzene ring substituents is 1. The molecule has 1 unspecified atom stereocenters. The minimum Gasteiger partial charge on any atom is -0.481 e. The number of rotatable bonds is 6. The van der Waals surface area contributed by atoms with Gasteiger partial charge in [0.2, 0.25) is 5.91 Å². The summed E-state index contributed by atoms with van der Waals surface area (Å²) in [6.45, 7) is 0.552. The highest BCUT2D eigenvalue weighted by Gasteiger charge is 2.28. The molecule has 0 bridgehead atoms. The Morgan fingerprint density at radius 2 is 2.22 bits per heavy atom. The number of carbonyl (C=O) groups excluding carboxylic acids is 1. The summed E-state index contributed by atoms with van der Waals surface area (Å²) in [6.07, 6.45) is 0.585. The summed E-state index contributed by atoms with van der Waals surface area (Å²) in [4.78, 5) is 35.2. The van der Waals surface area contributed by atoms with Gasteiger partial charge in [-0.3, -0.25) is 19.7 Å². The first-order valence-corrected chi connectivity index (χ1v) is 8.45. The number of aryl methyl sites for hydroxylation is 1. The first-order valence-electron chi connectivity index (χ1n) is 7.29. The van der Waals surface area contributed by atoms with Crippen molar-refractivity contribution >= 4 is 29.3 Å². The zero-order valence-electron chi connectivity index (χ0n) is 12.5. The molecule has 1 amide bonds. The van der Waals surface area contributed by atoms with Crippen LogP contribution in [0.5, 0.6) is 0 Å². The quantitative estimate of drug-likeness (QED) is 0.628. The van der Waals surface area contributed by atoms with Crippen molar-refractivity contribution in [1.29, 1.82) is 0 Å². The Morgan fingerprint density at radius 1 is 1.43 bits per heavy atom. The maximum atomic E-state index is 12.4. The fourth-order valence-corrected chi connectivity index (χ4v) is 3.64. The van der Waals surface area contributed by atoms with Gasteiger partial charge in [0.1, 0.15) is 0 Å². The molecule has 23 heavy (non-hydrogen) atoms. The van der Waals surface area contributed by atoms with Crippen LogP contribution in [-0.4, -0.2) is 50.9 Å². The topological polar surface area (TPSA) is 101 Å². The van der Waals surface area contributed by atoms with Crippen LogP contribution in [0.3, 0.4) is 0 Å². The fourth-order valence-electron chi connectivity index (χ4n) is 2.57. The van der Waals surface area contributed by atoms with Crippen LogP contribution in [0.25, 0.3) is 0 Å². The number of amides is 1. The molecule has 8 heteroatoms. The van der Waals surface area contributed by atoms with Gasteiger partial charge in [0, 0.05) is 36.6 Å². The van der Waals surface area contributed by atoms with Crippen LogP contribution in [0.1, 0.15) is 18.4 Å². The number of carboxylic acid groups (broad SMARTS) is 1. The van der Waals surface area contributed by atoms with Gasteiger partial charge in [-0.1, -0.05) is 12.1 Å². The minimum absolute atomic E-state index is 0.00748. The fraction of sp³-hybridized carbons (Fsp3) is 0.467. The van der Waals surface area contributed by atoms with Gasteiger partial charge >= 0.3 is 5.97 Å². The molecule has 0 saturated carbocycles. The summed E-state index contributed by atoms with van der Waals surface area (Å²) in [7, 11) is 0. The Morgan fingerprint density at radius 3 is 2.91 bits per heavy atom. The molecule has 1 aliphatic heterocycles. The van der Waals surface area contributed by atoms with Gasteiger partial charge in [-0.2, -0.15) is 11.8 Å². The maximum Gasteiger partial charge on any atom is 0.305 e. The molecule has 0 aromatic heterocycles. The molecule has 1 atom stereocenters. The lowest BCUT2D eigenvalue weighted by Crippen LogP contribution is -2.47. The number of thioether (sulfide) groups is 1. The Bertz CT molecular complexity index is 607. The molecule has 1 fully saturated rings. The van der Waals surface area contributed by atoms with Gasteiger partial charge in [-0.05, 0) is 12.0 Å². The minimum atomic E-state index is -0.908. The largest absolute Gasteiger partial charge is 0.481 e. The average Bonchev–Trinajstić information content (AvgIpc) is 2.53. The van der Waals surface area contributed by atoms with E-state index in [0.29, 0.717) is 18.7 Å². The molecule has 1 N–H and O–H groups in total. The summed E-state index contributed by atoms with van der Waals surface area (Å²) < 4.78 is 0. The van der Waals surface area contributed by atoms with Crippen molar-refractivity contribution in [3.63, 3.8) is 0 Å². The van der Waals surface area contributed by atoms with E-state index in [1.165, 1.54) is 12.1 Å². The van der Waals surface area contributed by atoms with E-state index in [1.807, 2.05) is 0 Å². The molecule has 0 aliphatic carbocycles. The third kappa shape index (κ3) is 4.95. The summed E-state index contributed by atoms with van der Waals surface area (Å²) in [5.41, 5.74) is 0.738. The second-order valence-electron chi connectivity index (χ2n) is 5.34. The van der Waals surface area contributed by atoms with Crippen LogP contribution in [0.15, 0.2) is 24.3 Å². The van der Waals surface area contributed by atoms with Crippen LogP contribution in [0.2, 0.25) is 0 Å². The number of nitrogens with zero attached hydrogens (tertiary/aromatic N) is 2. The van der Waals surface area contributed by atoms with E-state index < -0.39 is 10.9 Å². The van der Waals surface area contributed by atoms with Crippen molar-refractivity contribution in [2.24, 2.45) is 0 Å². The zero-order chi connectivity index (χ0) is 16.8. The van der Waals surface area contributed by atoms with E-state index in [1.54, 1.807) is 28.8 Å². The molecular formula is C15H18N2O5S. The third-order valence-corrected chi connectivity index (χ3v) is 4.80. The average molecular weight is 338 g/mol. The lowest BCUT2D eigenvalue weighted by molar-refractivity contribution is -0.384. The first kappa shape index (κ1) is 17.3. The van der Waals surface area contributed by atoms with E-state index in [-0.39, 0.29) is 30.5 Å². The third-order valence-electron chi connectivity index (χ3n) is 3.71. The van der Waals surface area contributed by atoms with Crippen LogP contribution < -0.4 is 0 Å². The van der Waals surface area contributed by atoms with Crippen molar-refractivity contribution in [1.82, 2.24) is 4.90 Å². The molecule has 0 spiro atoms. The monoisotopic (exact) mass is 338 g/mol. The van der Waals surface area contributed by atoms with Gasteiger partial charge in [0.15, 0.2) is 0 Å². The van der Waals surface area contributed by atoms with Gasteiger partial charge < -0.3 is 10.0 Å². The van der Waals surface area contributed by atoms with Gasteiger partial charge in [0.05, 0.1) is 17.4 Å². The zero-order valence-corrected chi connectivity index (χ0v) is 13.3. The van der Waals surface area contributed by atoms with Crippen LogP contribution in [-0.2, 0) is 16.0 Å². The number of nitro groups is 1. The maximum absolute atomic E-state index is 12.4. The number of carboxylic acids is 1. The molecular weight excluding hydrogens is 320 g/mol. The summed E-state index contributed by atoms with van der Waals surface area (Å²) in [6, 6.07) is 5.96. The van der Waals surface area contributed by atoms with Crippen molar-refractivity contribution < 1.29 is 19.6 Å². The van der Waals surface area contributed by atoms with Crippen LogP contribution in [0, 0.1) is 10.1 Å². The van der Waals surface area contributed by atoms with Crippen molar-refractivity contribution in [2.75, 3.05) is 18.1 Å². The number of hydrogen-bond acceptors (Lipinski definition) is 5.